The molecule has 1 amide bonds. The Balaban J connectivity index is 1.60. The number of benzene rings is 2. The molecular formula is C34H37F7N4O4. The number of rotatable bonds is 7. The molecule has 0 saturated carbocycles. The van der Waals surface area contributed by atoms with E-state index in [0.29, 0.717) is 49.8 Å². The summed E-state index contributed by atoms with van der Waals surface area (Å²) in [5.74, 6) is -1.11. The van der Waals surface area contributed by atoms with Crippen LogP contribution in [-0.4, -0.2) is 84.1 Å². The van der Waals surface area contributed by atoms with Crippen molar-refractivity contribution in [2.75, 3.05) is 49.7 Å². The van der Waals surface area contributed by atoms with Gasteiger partial charge < -0.3 is 24.7 Å². The van der Waals surface area contributed by atoms with Crippen LogP contribution in [0.4, 0.5) is 42.2 Å². The standard InChI is InChI=1S/C34H37F7N4O4/c1-19-13-44-14-25(17-47)45(15-26(44)18-49-19)30-11-28(27-6-5-24(35)7-20(27)16-46)29(12-42-30)43(4)31(48)32(2,3)21-8-22(33(36,37)38)10-23(9-21)34(39,40)41/h5-12,19,25-26,46-47H,13-18H2,1-4H3/t19?,25-,26-/m0/s1. The molecule has 2 aliphatic rings. The Bertz CT molecular complexity index is 1670. The van der Waals surface area contributed by atoms with Crippen molar-refractivity contribution in [2.45, 2.75) is 63.3 Å². The number of halogens is 7. The number of aliphatic hydroxyl groups is 2. The number of pyridine rings is 1. The number of carbonyl (C=O) groups is 1. The Morgan fingerprint density at radius 3 is 2.16 bits per heavy atom. The van der Waals surface area contributed by atoms with E-state index in [1.807, 2.05) is 11.8 Å². The average molecular weight is 699 g/mol. The van der Waals surface area contributed by atoms with Gasteiger partial charge in [0.05, 0.1) is 66.4 Å². The van der Waals surface area contributed by atoms with Gasteiger partial charge in [-0.25, -0.2) is 9.37 Å². The minimum Gasteiger partial charge on any atom is -0.394 e. The van der Waals surface area contributed by atoms with Gasteiger partial charge in [-0.05, 0) is 73.9 Å². The number of nitrogens with zero attached hydrogens (tertiary/aromatic N) is 4. The first-order valence-electron chi connectivity index (χ1n) is 15.6. The summed E-state index contributed by atoms with van der Waals surface area (Å²) in [5, 5.41) is 20.5. The van der Waals surface area contributed by atoms with E-state index >= 15 is 0 Å². The van der Waals surface area contributed by atoms with Crippen LogP contribution in [0.5, 0.6) is 0 Å². The predicted octanol–water partition coefficient (Wildman–Crippen LogP) is 5.63. The molecule has 1 unspecified atom stereocenters. The van der Waals surface area contributed by atoms with E-state index in [2.05, 4.69) is 9.88 Å². The summed E-state index contributed by atoms with van der Waals surface area (Å²) in [4.78, 5) is 23.9. The minimum atomic E-state index is -5.11. The SMILES string of the molecule is CC1CN2C[C@@H](CO)N(c3cc(-c4ccc(F)cc4CO)c(N(C)C(=O)C(C)(C)c4cc(C(F)(F)F)cc(C(F)(F)F)c4)cn3)C[C@H]2CO1. The van der Waals surface area contributed by atoms with Crippen molar-refractivity contribution >= 4 is 17.4 Å². The molecule has 2 aliphatic heterocycles. The first kappa shape index (κ1) is 36.5. The number of likely N-dealkylation sites (N-methyl/N-ethyl adjacent to an activating group) is 1. The van der Waals surface area contributed by atoms with Gasteiger partial charge >= 0.3 is 12.4 Å². The van der Waals surface area contributed by atoms with E-state index in [-0.39, 0.29) is 47.7 Å². The third-order valence-electron chi connectivity index (χ3n) is 9.29. The zero-order chi connectivity index (χ0) is 36.1. The third-order valence-corrected chi connectivity index (χ3v) is 9.29. The highest BCUT2D eigenvalue weighted by atomic mass is 19.4. The number of carbonyl (C=O) groups excluding carboxylic acids is 1. The van der Waals surface area contributed by atoms with E-state index in [0.717, 1.165) is 17.0 Å². The second kappa shape index (κ2) is 13.5. The van der Waals surface area contributed by atoms with Crippen LogP contribution in [0.1, 0.15) is 43.0 Å². The lowest BCUT2D eigenvalue weighted by atomic mass is 9.81. The number of anilines is 2. The van der Waals surface area contributed by atoms with Crippen LogP contribution >= 0.6 is 0 Å². The van der Waals surface area contributed by atoms with Gasteiger partial charge in [0.2, 0.25) is 5.91 Å². The van der Waals surface area contributed by atoms with E-state index in [1.165, 1.54) is 33.2 Å². The number of amides is 1. The van der Waals surface area contributed by atoms with Crippen LogP contribution in [0, 0.1) is 5.82 Å². The average Bonchev–Trinajstić information content (AvgIpc) is 3.05. The monoisotopic (exact) mass is 698 g/mol. The number of ether oxygens (including phenoxy) is 1. The maximum Gasteiger partial charge on any atom is 0.416 e. The van der Waals surface area contributed by atoms with Gasteiger partial charge in [0.15, 0.2) is 0 Å². The number of alkyl halides is 6. The predicted molar refractivity (Wildman–Crippen MR) is 167 cm³/mol. The largest absolute Gasteiger partial charge is 0.416 e. The Kier molecular flexibility index (Phi) is 10.0. The maximum absolute atomic E-state index is 14.3. The fourth-order valence-electron chi connectivity index (χ4n) is 6.49. The molecule has 2 aromatic carbocycles. The molecule has 0 radical (unpaired) electrons. The van der Waals surface area contributed by atoms with E-state index in [4.69, 9.17) is 4.74 Å². The number of aliphatic hydroxyl groups excluding tert-OH is 2. The molecule has 15 heteroatoms. The Morgan fingerprint density at radius 2 is 1.57 bits per heavy atom. The van der Waals surface area contributed by atoms with Gasteiger partial charge in [0, 0.05) is 32.2 Å². The molecule has 0 spiro atoms. The van der Waals surface area contributed by atoms with Crippen molar-refractivity contribution in [3.05, 3.63) is 76.7 Å². The summed E-state index contributed by atoms with van der Waals surface area (Å²) >= 11 is 0. The van der Waals surface area contributed by atoms with Crippen molar-refractivity contribution < 1.29 is 50.5 Å². The third kappa shape index (κ3) is 7.39. The van der Waals surface area contributed by atoms with E-state index in [9.17, 15) is 45.7 Å². The molecule has 266 valence electrons. The molecule has 8 nitrogen and oxygen atoms in total. The molecule has 2 N–H and O–H groups in total. The quantitative estimate of drug-likeness (QED) is 0.310. The lowest BCUT2D eigenvalue weighted by Crippen LogP contribution is -2.64. The van der Waals surface area contributed by atoms with Crippen LogP contribution in [0.25, 0.3) is 11.1 Å². The summed E-state index contributed by atoms with van der Waals surface area (Å²) in [6.45, 7) is 5.68. The van der Waals surface area contributed by atoms with Gasteiger partial charge in [-0.1, -0.05) is 6.07 Å². The van der Waals surface area contributed by atoms with Crippen LogP contribution in [0.15, 0.2) is 48.7 Å². The minimum absolute atomic E-state index is 0.00103. The zero-order valence-corrected chi connectivity index (χ0v) is 27.2. The van der Waals surface area contributed by atoms with E-state index < -0.39 is 52.8 Å². The van der Waals surface area contributed by atoms with Gasteiger partial charge in [-0.2, -0.15) is 26.3 Å². The van der Waals surface area contributed by atoms with Crippen LogP contribution in [-0.2, 0) is 33.9 Å². The molecule has 3 atom stereocenters. The zero-order valence-electron chi connectivity index (χ0n) is 27.2. The van der Waals surface area contributed by atoms with Crippen molar-refractivity contribution in [1.82, 2.24) is 9.88 Å². The van der Waals surface area contributed by atoms with Crippen molar-refractivity contribution in [1.29, 1.82) is 0 Å². The second-order valence-electron chi connectivity index (χ2n) is 13.0. The lowest BCUT2D eigenvalue weighted by Gasteiger charge is -2.49. The highest BCUT2D eigenvalue weighted by Gasteiger charge is 2.42. The molecule has 0 aliphatic carbocycles. The number of morpholine rings is 1. The Labute approximate surface area is 278 Å². The topological polar surface area (TPSA) is 89.4 Å². The molecule has 0 bridgehead atoms. The van der Waals surface area contributed by atoms with Crippen molar-refractivity contribution in [3.8, 4) is 11.1 Å². The number of fused-ring (bicyclic) bond motifs is 1. The summed E-state index contributed by atoms with van der Waals surface area (Å²) < 4.78 is 102. The highest BCUT2D eigenvalue weighted by molar-refractivity contribution is 6.03. The summed E-state index contributed by atoms with van der Waals surface area (Å²) in [6.07, 6.45) is -8.87. The highest BCUT2D eigenvalue weighted by Crippen LogP contribution is 2.42. The summed E-state index contributed by atoms with van der Waals surface area (Å²) in [6, 6.07) is 5.93. The van der Waals surface area contributed by atoms with Gasteiger partial charge in [0.1, 0.15) is 11.6 Å². The smallest absolute Gasteiger partial charge is 0.394 e. The molecule has 2 fully saturated rings. The maximum atomic E-state index is 14.3. The summed E-state index contributed by atoms with van der Waals surface area (Å²) in [7, 11) is 1.31. The number of aromatic nitrogens is 1. The normalized spacial score (nSPS) is 20.7. The van der Waals surface area contributed by atoms with Crippen molar-refractivity contribution in [2.24, 2.45) is 0 Å². The van der Waals surface area contributed by atoms with E-state index in [1.54, 1.807) is 6.07 Å². The first-order valence-corrected chi connectivity index (χ1v) is 15.6. The summed E-state index contributed by atoms with van der Waals surface area (Å²) in [5.41, 5.74) is -4.68. The number of piperazine rings is 1. The van der Waals surface area contributed by atoms with Gasteiger partial charge in [0.25, 0.3) is 0 Å². The first-order chi connectivity index (χ1) is 22.8. The fraction of sp³-hybridized carbons (Fsp3) is 0.471. The molecule has 2 saturated heterocycles. The molecule has 1 aromatic heterocycles. The van der Waals surface area contributed by atoms with Gasteiger partial charge in [-0.15, -0.1) is 0 Å². The Hall–Kier alpha value is -3.79. The lowest BCUT2D eigenvalue weighted by molar-refractivity contribution is -0.143. The van der Waals surface area contributed by atoms with Crippen LogP contribution in [0.2, 0.25) is 0 Å². The molecule has 49 heavy (non-hydrogen) atoms. The number of hydrogen-bond donors (Lipinski definition) is 2. The molecule has 5 rings (SSSR count). The Morgan fingerprint density at radius 1 is 0.939 bits per heavy atom. The molecule has 3 aromatic rings. The van der Waals surface area contributed by atoms with Gasteiger partial charge in [-0.3, -0.25) is 9.69 Å². The molecule has 3 heterocycles. The second-order valence-corrected chi connectivity index (χ2v) is 13.0. The number of hydrogen-bond acceptors (Lipinski definition) is 7. The van der Waals surface area contributed by atoms with Crippen LogP contribution in [0.3, 0.4) is 0 Å². The van der Waals surface area contributed by atoms with Crippen LogP contribution < -0.4 is 9.80 Å². The fourth-order valence-corrected chi connectivity index (χ4v) is 6.49. The van der Waals surface area contributed by atoms with Crippen molar-refractivity contribution in [3.63, 3.8) is 0 Å². The molecular weight excluding hydrogens is 661 g/mol.